The number of nitrogens with zero attached hydrogens (tertiary/aromatic N) is 1. The van der Waals surface area contributed by atoms with Crippen LogP contribution in [0.5, 0.6) is 0 Å². The van der Waals surface area contributed by atoms with Gasteiger partial charge in [-0.3, -0.25) is 19.2 Å². The van der Waals surface area contributed by atoms with Crippen LogP contribution in [-0.4, -0.2) is 80.1 Å². The fourth-order valence-electron chi connectivity index (χ4n) is 2.84. The number of imidazole rings is 1. The minimum absolute atomic E-state index is 0.140. The van der Waals surface area contributed by atoms with Gasteiger partial charge in [-0.25, -0.2) is 9.78 Å². The van der Waals surface area contributed by atoms with Crippen molar-refractivity contribution in [2.75, 3.05) is 0 Å². The highest BCUT2D eigenvalue weighted by Gasteiger charge is 2.33. The average molecular weight is 469 g/mol. The molecule has 4 amide bonds. The normalized spacial score (nSPS) is 15.6. The number of carbonyl (C=O) groups excluding carboxylic acids is 4. The minimum atomic E-state index is -1.68. The zero-order valence-electron chi connectivity index (χ0n) is 18.6. The van der Waals surface area contributed by atoms with E-state index in [1.807, 2.05) is 0 Å². The Morgan fingerprint density at radius 2 is 1.64 bits per heavy atom. The highest BCUT2D eigenvalue weighted by Crippen LogP contribution is 2.06. The van der Waals surface area contributed by atoms with E-state index in [4.69, 9.17) is 16.6 Å². The number of aliphatic carboxylic acids is 1. The number of nitrogens with one attached hydrogen (secondary N) is 4. The van der Waals surface area contributed by atoms with E-state index in [0.29, 0.717) is 5.69 Å². The summed E-state index contributed by atoms with van der Waals surface area (Å²) in [6.45, 7) is 4.43. The first-order chi connectivity index (χ1) is 15.3. The molecule has 184 valence electrons. The Kier molecular flexibility index (Phi) is 10.4. The van der Waals surface area contributed by atoms with Gasteiger partial charge in [0.05, 0.1) is 24.9 Å². The molecule has 5 atom stereocenters. The number of primary amides is 1. The van der Waals surface area contributed by atoms with Crippen molar-refractivity contribution in [1.29, 1.82) is 0 Å². The van der Waals surface area contributed by atoms with Crippen LogP contribution in [0.3, 0.4) is 0 Å². The van der Waals surface area contributed by atoms with Gasteiger partial charge in [0.15, 0.2) is 6.04 Å². The highest BCUT2D eigenvalue weighted by molar-refractivity contribution is 5.96. The molecule has 1 aromatic heterocycles. The highest BCUT2D eigenvalue weighted by atomic mass is 16.4. The molecule has 1 aromatic rings. The van der Waals surface area contributed by atoms with Crippen LogP contribution < -0.4 is 27.4 Å². The van der Waals surface area contributed by atoms with Crippen molar-refractivity contribution in [1.82, 2.24) is 25.9 Å². The fourth-order valence-corrected chi connectivity index (χ4v) is 2.84. The van der Waals surface area contributed by atoms with Crippen LogP contribution in [-0.2, 0) is 30.4 Å². The van der Waals surface area contributed by atoms with Crippen molar-refractivity contribution in [3.8, 4) is 0 Å². The Labute approximate surface area is 189 Å². The number of rotatable bonds is 13. The summed E-state index contributed by atoms with van der Waals surface area (Å²) >= 11 is 0. The van der Waals surface area contributed by atoms with Gasteiger partial charge in [0.25, 0.3) is 0 Å². The number of aromatic amines is 1. The maximum atomic E-state index is 12.8. The number of nitrogens with two attached hydrogens (primary N) is 2. The van der Waals surface area contributed by atoms with Gasteiger partial charge < -0.3 is 42.6 Å². The summed E-state index contributed by atoms with van der Waals surface area (Å²) in [5.74, 6) is -5.37. The van der Waals surface area contributed by atoms with E-state index < -0.39 is 72.2 Å². The third kappa shape index (κ3) is 8.86. The van der Waals surface area contributed by atoms with Gasteiger partial charge in [0, 0.05) is 18.3 Å². The van der Waals surface area contributed by atoms with Crippen LogP contribution in [0.25, 0.3) is 0 Å². The molecule has 14 heteroatoms. The number of H-pyrrole nitrogens is 1. The van der Waals surface area contributed by atoms with Crippen LogP contribution in [0.1, 0.15) is 32.9 Å². The zero-order valence-corrected chi connectivity index (χ0v) is 18.6. The first-order valence-electron chi connectivity index (χ1n) is 10.2. The second kappa shape index (κ2) is 12.5. The Hall–Kier alpha value is -3.52. The van der Waals surface area contributed by atoms with Crippen molar-refractivity contribution in [3.63, 3.8) is 0 Å². The first-order valence-corrected chi connectivity index (χ1v) is 10.2. The van der Waals surface area contributed by atoms with Gasteiger partial charge in [-0.2, -0.15) is 0 Å². The second-order valence-corrected chi connectivity index (χ2v) is 7.91. The molecule has 0 fully saturated rings. The van der Waals surface area contributed by atoms with E-state index in [1.165, 1.54) is 12.5 Å². The molecule has 0 aliphatic heterocycles. The van der Waals surface area contributed by atoms with E-state index in [1.54, 1.807) is 13.8 Å². The molecule has 0 spiro atoms. The van der Waals surface area contributed by atoms with Crippen molar-refractivity contribution < 1.29 is 34.2 Å². The molecule has 1 rings (SSSR count). The van der Waals surface area contributed by atoms with Gasteiger partial charge in [0.1, 0.15) is 12.1 Å². The van der Waals surface area contributed by atoms with Crippen molar-refractivity contribution in [2.24, 2.45) is 17.4 Å². The van der Waals surface area contributed by atoms with E-state index in [-0.39, 0.29) is 6.42 Å². The lowest BCUT2D eigenvalue weighted by molar-refractivity contribution is -0.145. The van der Waals surface area contributed by atoms with Crippen molar-refractivity contribution in [2.45, 2.75) is 63.9 Å². The molecule has 14 nitrogen and oxygen atoms in total. The van der Waals surface area contributed by atoms with E-state index in [2.05, 4.69) is 25.9 Å². The number of hydrogen-bond donors (Lipinski definition) is 8. The van der Waals surface area contributed by atoms with Crippen LogP contribution in [0.4, 0.5) is 0 Å². The summed E-state index contributed by atoms with van der Waals surface area (Å²) < 4.78 is 0. The third-order valence-electron chi connectivity index (χ3n) is 4.66. The SMILES string of the molecule is CC(C)C(NC(=O)C(N)Cc1cnc[nH]1)C(=O)NC(CC(N)=O)C(=O)NC(C(=O)O)C(C)O. The summed E-state index contributed by atoms with van der Waals surface area (Å²) in [7, 11) is 0. The van der Waals surface area contributed by atoms with Gasteiger partial charge >= 0.3 is 5.97 Å². The Morgan fingerprint density at radius 3 is 2.09 bits per heavy atom. The van der Waals surface area contributed by atoms with Crippen molar-refractivity contribution >= 4 is 29.6 Å². The average Bonchev–Trinajstić information content (AvgIpc) is 3.20. The third-order valence-corrected chi connectivity index (χ3v) is 4.66. The largest absolute Gasteiger partial charge is 0.480 e. The molecule has 0 radical (unpaired) electrons. The zero-order chi connectivity index (χ0) is 25.3. The molecule has 0 saturated heterocycles. The van der Waals surface area contributed by atoms with E-state index >= 15 is 0 Å². The minimum Gasteiger partial charge on any atom is -0.480 e. The number of carboxylic acid groups (broad SMARTS) is 1. The quantitative estimate of drug-likeness (QED) is 0.144. The van der Waals surface area contributed by atoms with E-state index in [0.717, 1.165) is 6.92 Å². The maximum absolute atomic E-state index is 12.8. The predicted molar refractivity (Wildman–Crippen MR) is 114 cm³/mol. The fraction of sp³-hybridized carbons (Fsp3) is 0.579. The number of aromatic nitrogens is 2. The molecule has 0 aromatic carbocycles. The molecular weight excluding hydrogens is 438 g/mol. The maximum Gasteiger partial charge on any atom is 0.328 e. The number of aliphatic hydroxyl groups is 1. The molecule has 1 heterocycles. The number of carboxylic acids is 1. The van der Waals surface area contributed by atoms with Crippen LogP contribution in [0.15, 0.2) is 12.5 Å². The predicted octanol–water partition coefficient (Wildman–Crippen LogP) is -3.27. The lowest BCUT2D eigenvalue weighted by Gasteiger charge is -2.27. The Balaban J connectivity index is 2.91. The monoisotopic (exact) mass is 469 g/mol. The van der Waals surface area contributed by atoms with Gasteiger partial charge in [-0.05, 0) is 12.8 Å². The number of aliphatic hydroxyl groups excluding tert-OH is 1. The summed E-state index contributed by atoms with van der Waals surface area (Å²) in [5.41, 5.74) is 11.7. The molecule has 0 saturated carbocycles. The summed E-state index contributed by atoms with van der Waals surface area (Å²) in [4.78, 5) is 67.1. The summed E-state index contributed by atoms with van der Waals surface area (Å²) in [5, 5.41) is 25.5. The lowest BCUT2D eigenvalue weighted by atomic mass is 10.0. The molecule has 0 bridgehead atoms. The van der Waals surface area contributed by atoms with Gasteiger partial charge in [-0.15, -0.1) is 0 Å². The topological polar surface area (TPSA) is 243 Å². The molecule has 5 unspecified atom stereocenters. The number of hydrogen-bond acceptors (Lipinski definition) is 8. The summed E-state index contributed by atoms with van der Waals surface area (Å²) in [6, 6.07) is -5.33. The van der Waals surface area contributed by atoms with Crippen LogP contribution in [0, 0.1) is 5.92 Å². The standard InChI is InChI=1S/C19H31N7O7/c1-8(2)14(25-16(29)11(20)4-10-6-22-7-23-10)18(31)24-12(5-13(21)28)17(30)26-15(9(3)27)19(32)33/h6-9,11-12,14-15,27H,4-5,20H2,1-3H3,(H2,21,28)(H,22,23)(H,24,31)(H,25,29)(H,26,30)(H,32,33). The second-order valence-electron chi connectivity index (χ2n) is 7.91. The van der Waals surface area contributed by atoms with Crippen LogP contribution >= 0.6 is 0 Å². The van der Waals surface area contributed by atoms with E-state index in [9.17, 15) is 29.1 Å². The molecule has 33 heavy (non-hydrogen) atoms. The number of carbonyl (C=O) groups is 5. The van der Waals surface area contributed by atoms with Gasteiger partial charge in [0.2, 0.25) is 23.6 Å². The van der Waals surface area contributed by atoms with Crippen molar-refractivity contribution in [3.05, 3.63) is 18.2 Å². The summed E-state index contributed by atoms with van der Waals surface area (Å²) in [6.07, 6.45) is 0.990. The van der Waals surface area contributed by atoms with Crippen LogP contribution in [0.2, 0.25) is 0 Å². The molecule has 0 aliphatic carbocycles. The number of amides is 4. The Morgan fingerprint density at radius 1 is 1.03 bits per heavy atom. The molecule has 10 N–H and O–H groups in total. The molecular formula is C19H31N7O7. The molecule has 0 aliphatic rings. The van der Waals surface area contributed by atoms with Gasteiger partial charge in [-0.1, -0.05) is 13.8 Å². The smallest absolute Gasteiger partial charge is 0.328 e. The first kappa shape index (κ1) is 27.5. The lowest BCUT2D eigenvalue weighted by Crippen LogP contribution is -2.60. The Bertz CT molecular complexity index is 842.